The smallest absolute Gasteiger partial charge is 0.0848 e. The van der Waals surface area contributed by atoms with Crippen molar-refractivity contribution in [1.29, 1.82) is 0 Å². The summed E-state index contributed by atoms with van der Waals surface area (Å²) in [5.74, 6) is 0. The number of benzene rings is 2. The zero-order valence-electron chi connectivity index (χ0n) is 12.2. The van der Waals surface area contributed by atoms with Gasteiger partial charge in [0.25, 0.3) is 0 Å². The predicted molar refractivity (Wildman–Crippen MR) is 86.3 cm³/mol. The van der Waals surface area contributed by atoms with Crippen molar-refractivity contribution in [1.82, 2.24) is 0 Å². The van der Waals surface area contributed by atoms with Crippen LogP contribution in [0.5, 0.6) is 0 Å². The van der Waals surface area contributed by atoms with Crippen LogP contribution >= 0.6 is 0 Å². The largest absolute Gasteiger partial charge is 0.226 e. The van der Waals surface area contributed by atoms with E-state index in [1.165, 1.54) is 10.0 Å². The summed E-state index contributed by atoms with van der Waals surface area (Å²) < 4.78 is 0. The molecular formula is C16H16N4O2. The van der Waals surface area contributed by atoms with Gasteiger partial charge in [-0.25, -0.2) is 10.0 Å². The van der Waals surface area contributed by atoms with Gasteiger partial charge >= 0.3 is 0 Å². The molecule has 0 amide bonds. The van der Waals surface area contributed by atoms with Crippen molar-refractivity contribution < 1.29 is 0 Å². The van der Waals surface area contributed by atoms with Crippen LogP contribution in [-0.4, -0.2) is 6.04 Å². The van der Waals surface area contributed by atoms with Gasteiger partial charge in [-0.05, 0) is 31.5 Å². The molecule has 0 aromatic heterocycles. The fourth-order valence-electron chi connectivity index (χ4n) is 2.99. The minimum atomic E-state index is -0.218. The Bertz CT molecular complexity index is 677. The van der Waals surface area contributed by atoms with Crippen molar-refractivity contribution in [3.63, 3.8) is 0 Å². The average Bonchev–Trinajstić information content (AvgIpc) is 2.57. The number of nitrogens with zero attached hydrogens (tertiary/aromatic N) is 4. The Labute approximate surface area is 128 Å². The first kappa shape index (κ1) is 14.2. The van der Waals surface area contributed by atoms with Crippen molar-refractivity contribution in [3.05, 3.63) is 70.0 Å². The van der Waals surface area contributed by atoms with Crippen molar-refractivity contribution in [2.75, 3.05) is 10.0 Å². The van der Waals surface area contributed by atoms with Crippen molar-refractivity contribution >= 4 is 11.4 Å². The maximum Gasteiger partial charge on any atom is 0.0848 e. The van der Waals surface area contributed by atoms with Gasteiger partial charge in [-0.1, -0.05) is 36.4 Å². The Morgan fingerprint density at radius 2 is 1.73 bits per heavy atom. The normalized spacial score (nSPS) is 20.1. The van der Waals surface area contributed by atoms with Crippen molar-refractivity contribution in [2.24, 2.45) is 10.6 Å². The second-order valence-corrected chi connectivity index (χ2v) is 5.35. The second kappa shape index (κ2) is 5.93. The van der Waals surface area contributed by atoms with Crippen molar-refractivity contribution in [3.8, 4) is 0 Å². The molecule has 0 fully saturated rings. The Kier molecular flexibility index (Phi) is 3.82. The van der Waals surface area contributed by atoms with E-state index >= 15 is 0 Å². The number of anilines is 2. The molecule has 0 radical (unpaired) electrons. The number of para-hydroxylation sites is 2. The lowest BCUT2D eigenvalue weighted by Crippen LogP contribution is -2.39. The quantitative estimate of drug-likeness (QED) is 0.626. The monoisotopic (exact) mass is 296 g/mol. The molecule has 6 nitrogen and oxygen atoms in total. The third-order valence-electron chi connectivity index (χ3n) is 4.02. The Hall–Kier alpha value is -2.76. The first-order valence-corrected chi connectivity index (χ1v) is 7.15. The summed E-state index contributed by atoms with van der Waals surface area (Å²) in [7, 11) is 0. The van der Waals surface area contributed by atoms with Gasteiger partial charge in [0, 0.05) is 5.56 Å². The highest BCUT2D eigenvalue weighted by Crippen LogP contribution is 2.42. The van der Waals surface area contributed by atoms with Crippen LogP contribution in [0.2, 0.25) is 0 Å². The lowest BCUT2D eigenvalue weighted by molar-refractivity contribution is 0.476. The van der Waals surface area contributed by atoms with Gasteiger partial charge in [0.2, 0.25) is 0 Å². The van der Waals surface area contributed by atoms with Crippen LogP contribution in [0.1, 0.15) is 24.9 Å². The number of fused-ring (bicyclic) bond motifs is 1. The molecule has 22 heavy (non-hydrogen) atoms. The maximum absolute atomic E-state index is 11.4. The fourth-order valence-corrected chi connectivity index (χ4v) is 2.99. The molecule has 112 valence electrons. The molecule has 0 saturated heterocycles. The van der Waals surface area contributed by atoms with Crippen LogP contribution < -0.4 is 10.0 Å². The van der Waals surface area contributed by atoms with E-state index in [4.69, 9.17) is 0 Å². The van der Waals surface area contributed by atoms with Crippen LogP contribution in [0.25, 0.3) is 0 Å². The average molecular weight is 296 g/mol. The highest BCUT2D eigenvalue weighted by atomic mass is 16.3. The fraction of sp³-hybridized carbons (Fsp3) is 0.250. The van der Waals surface area contributed by atoms with Crippen LogP contribution in [0.4, 0.5) is 11.4 Å². The molecule has 2 aromatic rings. The number of nitroso groups, excluding NO2 is 2. The third kappa shape index (κ3) is 2.32. The van der Waals surface area contributed by atoms with E-state index < -0.39 is 0 Å². The SMILES string of the molecule is C[C@@H]1C[C@@H](N(N=O)c2ccccc2)c2ccccc2N1N=O. The molecule has 2 aromatic carbocycles. The first-order chi connectivity index (χ1) is 10.8. The van der Waals surface area contributed by atoms with Gasteiger partial charge in [-0.3, -0.25) is 0 Å². The Balaban J connectivity index is 2.07. The minimum absolute atomic E-state index is 0.106. The number of rotatable bonds is 4. The molecule has 1 aliphatic heterocycles. The minimum Gasteiger partial charge on any atom is -0.226 e. The van der Waals surface area contributed by atoms with E-state index in [0.717, 1.165) is 16.9 Å². The molecule has 0 bridgehead atoms. The second-order valence-electron chi connectivity index (χ2n) is 5.35. The van der Waals surface area contributed by atoms with Crippen LogP contribution in [0, 0.1) is 9.81 Å². The predicted octanol–water partition coefficient (Wildman–Crippen LogP) is 4.20. The Morgan fingerprint density at radius 1 is 1.05 bits per heavy atom. The van der Waals surface area contributed by atoms with Gasteiger partial charge < -0.3 is 0 Å². The summed E-state index contributed by atoms with van der Waals surface area (Å²) >= 11 is 0. The van der Waals surface area contributed by atoms with Crippen LogP contribution in [0.3, 0.4) is 0 Å². The molecule has 2 atom stereocenters. The highest BCUT2D eigenvalue weighted by molar-refractivity contribution is 5.60. The van der Waals surface area contributed by atoms with E-state index in [0.29, 0.717) is 6.42 Å². The van der Waals surface area contributed by atoms with Crippen LogP contribution in [0.15, 0.2) is 65.2 Å². The summed E-state index contributed by atoms with van der Waals surface area (Å²) in [6.45, 7) is 1.91. The molecule has 3 rings (SSSR count). The van der Waals surface area contributed by atoms with E-state index in [-0.39, 0.29) is 12.1 Å². The van der Waals surface area contributed by atoms with E-state index in [9.17, 15) is 9.81 Å². The standard InChI is InChI=1S/C16H16N4O2/c1-12-11-16(20(18-22)13-7-3-2-4-8-13)14-9-5-6-10-15(14)19(12)17-21/h2-10,12,16H,11H2,1H3/t12-,16-/m1/s1. The molecule has 0 spiro atoms. The molecule has 0 unspecified atom stereocenters. The summed E-state index contributed by atoms with van der Waals surface area (Å²) in [5, 5.41) is 9.27. The van der Waals surface area contributed by atoms with E-state index in [1.54, 1.807) is 0 Å². The summed E-state index contributed by atoms with van der Waals surface area (Å²) in [4.78, 5) is 22.6. The maximum atomic E-state index is 11.4. The van der Waals surface area contributed by atoms with Gasteiger partial charge in [-0.2, -0.15) is 0 Å². The molecular weight excluding hydrogens is 280 g/mol. The Morgan fingerprint density at radius 3 is 2.41 bits per heavy atom. The van der Waals surface area contributed by atoms with Gasteiger partial charge in [0.15, 0.2) is 0 Å². The lowest BCUT2D eigenvalue weighted by Gasteiger charge is -2.38. The van der Waals surface area contributed by atoms with E-state index in [2.05, 4.69) is 10.6 Å². The molecule has 1 aliphatic rings. The zero-order valence-corrected chi connectivity index (χ0v) is 12.2. The molecule has 0 saturated carbocycles. The summed E-state index contributed by atoms with van der Waals surface area (Å²) in [6.07, 6.45) is 0.587. The summed E-state index contributed by atoms with van der Waals surface area (Å²) in [6, 6.07) is 16.5. The van der Waals surface area contributed by atoms with Gasteiger partial charge in [0.05, 0.1) is 34.0 Å². The number of hydrogen-bond acceptors (Lipinski definition) is 4. The summed E-state index contributed by atoms with van der Waals surface area (Å²) in [5.41, 5.74) is 2.34. The zero-order chi connectivity index (χ0) is 15.5. The molecule has 0 aliphatic carbocycles. The van der Waals surface area contributed by atoms with Gasteiger partial charge in [-0.15, -0.1) is 9.81 Å². The van der Waals surface area contributed by atoms with E-state index in [1.807, 2.05) is 61.5 Å². The van der Waals surface area contributed by atoms with Gasteiger partial charge in [0.1, 0.15) is 0 Å². The highest BCUT2D eigenvalue weighted by Gasteiger charge is 2.35. The number of hydrogen-bond donors (Lipinski definition) is 0. The molecule has 0 N–H and O–H groups in total. The lowest BCUT2D eigenvalue weighted by atomic mass is 9.92. The van der Waals surface area contributed by atoms with Crippen LogP contribution in [-0.2, 0) is 0 Å². The molecule has 1 heterocycles. The topological polar surface area (TPSA) is 65.3 Å². The van der Waals surface area contributed by atoms with Crippen molar-refractivity contribution in [2.45, 2.75) is 25.4 Å². The third-order valence-corrected chi connectivity index (χ3v) is 4.02. The molecule has 6 heteroatoms. The first-order valence-electron chi connectivity index (χ1n) is 7.15.